The predicted octanol–water partition coefficient (Wildman–Crippen LogP) is 3.57. The van der Waals surface area contributed by atoms with Gasteiger partial charge in [0.25, 0.3) is 0 Å². The number of hydrogen-bond acceptors (Lipinski definition) is 5. The van der Waals surface area contributed by atoms with Crippen LogP contribution in [0.3, 0.4) is 0 Å². The number of aromatic nitrogens is 1. The molecule has 0 aliphatic heterocycles. The molecular weight excluding hydrogens is 338 g/mol. The molecule has 0 N–H and O–H groups in total. The monoisotopic (exact) mass is 355 g/mol. The molecule has 1 fully saturated rings. The molecule has 0 aromatic carbocycles. The normalized spacial score (nSPS) is 14.2. The van der Waals surface area contributed by atoms with E-state index in [4.69, 9.17) is 14.2 Å². The molecular formula is C15H18BrNO4. The van der Waals surface area contributed by atoms with Crippen LogP contribution in [-0.2, 0) is 9.47 Å². The van der Waals surface area contributed by atoms with E-state index in [1.165, 1.54) is 7.11 Å². The third-order valence-electron chi connectivity index (χ3n) is 3.29. The maximum Gasteiger partial charge on any atom is 0.344 e. The van der Waals surface area contributed by atoms with Crippen LogP contribution in [0.2, 0.25) is 0 Å². The quantitative estimate of drug-likeness (QED) is 0.443. The number of nitrogens with zero attached hydrogens (tertiary/aromatic N) is 1. The molecule has 2 rings (SSSR count). The number of pyridine rings is 1. The zero-order valence-corrected chi connectivity index (χ0v) is 13.7. The Labute approximate surface area is 132 Å². The minimum atomic E-state index is -0.514. The third kappa shape index (κ3) is 3.56. The highest BCUT2D eigenvalue weighted by molar-refractivity contribution is 9.10. The van der Waals surface area contributed by atoms with Crippen LogP contribution in [0, 0.1) is 0 Å². The minimum absolute atomic E-state index is 0.100. The van der Waals surface area contributed by atoms with Crippen molar-refractivity contribution < 1.29 is 19.0 Å². The summed E-state index contributed by atoms with van der Waals surface area (Å²) < 4.78 is 16.6. The van der Waals surface area contributed by atoms with Crippen molar-refractivity contribution in [2.24, 2.45) is 0 Å². The number of carbonyl (C=O) groups is 1. The van der Waals surface area contributed by atoms with Crippen LogP contribution in [0.4, 0.5) is 0 Å². The fraction of sp³-hybridized carbons (Fsp3) is 0.467. The van der Waals surface area contributed by atoms with Gasteiger partial charge in [0.2, 0.25) is 5.88 Å². The van der Waals surface area contributed by atoms with E-state index in [1.807, 2.05) is 6.92 Å². The first-order valence-electron chi connectivity index (χ1n) is 6.84. The number of methoxy groups -OCH3 is 1. The van der Waals surface area contributed by atoms with E-state index in [0.717, 1.165) is 19.3 Å². The lowest BCUT2D eigenvalue weighted by molar-refractivity contribution is 0.0580. The largest absolute Gasteiger partial charge is 0.494 e. The lowest BCUT2D eigenvalue weighted by atomic mass is 9.96. The van der Waals surface area contributed by atoms with Crippen LogP contribution in [0.1, 0.15) is 42.1 Å². The molecule has 1 aliphatic rings. The van der Waals surface area contributed by atoms with Crippen LogP contribution in [0.15, 0.2) is 17.2 Å². The van der Waals surface area contributed by atoms with Crippen molar-refractivity contribution in [2.45, 2.75) is 32.3 Å². The van der Waals surface area contributed by atoms with E-state index in [9.17, 15) is 4.79 Å². The van der Waals surface area contributed by atoms with Gasteiger partial charge in [-0.2, -0.15) is 0 Å². The van der Waals surface area contributed by atoms with Gasteiger partial charge in [-0.3, -0.25) is 0 Å². The van der Waals surface area contributed by atoms with Gasteiger partial charge < -0.3 is 14.2 Å². The highest BCUT2D eigenvalue weighted by atomic mass is 79.9. The van der Waals surface area contributed by atoms with Crippen LogP contribution >= 0.6 is 15.9 Å². The standard InChI is InChI=1S/C15H18BrNO4/c1-4-20-9(2)11-8-12(16)17-14(13(11)15(18)19-3)21-10-6-5-7-10/h8,10H,2,4-7H2,1,3H3. The van der Waals surface area contributed by atoms with Gasteiger partial charge in [0, 0.05) is 5.56 Å². The SMILES string of the molecule is C=C(OCC)c1cc(Br)nc(OC2CCC2)c1C(=O)OC. The van der Waals surface area contributed by atoms with Gasteiger partial charge in [0.15, 0.2) is 0 Å². The Kier molecular flexibility index (Phi) is 5.22. The maximum atomic E-state index is 12.1. The maximum absolute atomic E-state index is 12.1. The molecule has 0 saturated heterocycles. The Bertz CT molecular complexity index is 555. The van der Waals surface area contributed by atoms with E-state index < -0.39 is 5.97 Å². The molecule has 0 unspecified atom stereocenters. The highest BCUT2D eigenvalue weighted by Crippen LogP contribution is 2.33. The van der Waals surface area contributed by atoms with E-state index in [0.29, 0.717) is 22.5 Å². The number of rotatable bonds is 6. The molecule has 1 aromatic heterocycles. The number of esters is 1. The molecule has 0 atom stereocenters. The van der Waals surface area contributed by atoms with Crippen LogP contribution < -0.4 is 4.74 Å². The van der Waals surface area contributed by atoms with Crippen LogP contribution in [0.5, 0.6) is 5.88 Å². The van der Waals surface area contributed by atoms with Gasteiger partial charge in [-0.25, -0.2) is 9.78 Å². The molecule has 6 heteroatoms. The lowest BCUT2D eigenvalue weighted by Crippen LogP contribution is -2.26. The summed E-state index contributed by atoms with van der Waals surface area (Å²) in [6, 6.07) is 1.68. The van der Waals surface area contributed by atoms with E-state index >= 15 is 0 Å². The Hall–Kier alpha value is -1.56. The molecule has 5 nitrogen and oxygen atoms in total. The molecule has 0 amide bonds. The average Bonchev–Trinajstić information content (AvgIpc) is 2.41. The van der Waals surface area contributed by atoms with Crippen LogP contribution in [0.25, 0.3) is 5.76 Å². The molecule has 1 aromatic rings. The first-order valence-corrected chi connectivity index (χ1v) is 7.63. The Morgan fingerprint density at radius 1 is 1.52 bits per heavy atom. The summed E-state index contributed by atoms with van der Waals surface area (Å²) in [5, 5.41) is 0. The zero-order chi connectivity index (χ0) is 15.4. The molecule has 114 valence electrons. The smallest absolute Gasteiger partial charge is 0.344 e. The Morgan fingerprint density at radius 2 is 2.24 bits per heavy atom. The Balaban J connectivity index is 2.45. The van der Waals surface area contributed by atoms with Crippen molar-refractivity contribution >= 4 is 27.7 Å². The zero-order valence-electron chi connectivity index (χ0n) is 12.1. The summed E-state index contributed by atoms with van der Waals surface area (Å²) in [6.45, 7) is 6.16. The highest BCUT2D eigenvalue weighted by Gasteiger charge is 2.27. The van der Waals surface area contributed by atoms with E-state index in [-0.39, 0.29) is 17.5 Å². The van der Waals surface area contributed by atoms with Crippen molar-refractivity contribution in [1.29, 1.82) is 0 Å². The fourth-order valence-electron chi connectivity index (χ4n) is 1.99. The first-order chi connectivity index (χ1) is 10.1. The van der Waals surface area contributed by atoms with Gasteiger partial charge in [0.05, 0.1) is 13.7 Å². The molecule has 1 aliphatic carbocycles. The summed E-state index contributed by atoms with van der Waals surface area (Å²) in [4.78, 5) is 16.4. The number of hydrogen-bond donors (Lipinski definition) is 0. The second-order valence-electron chi connectivity index (χ2n) is 4.69. The van der Waals surface area contributed by atoms with Gasteiger partial charge >= 0.3 is 5.97 Å². The number of carbonyl (C=O) groups excluding carboxylic acids is 1. The summed E-state index contributed by atoms with van der Waals surface area (Å²) in [7, 11) is 1.32. The van der Waals surface area contributed by atoms with Gasteiger partial charge in [-0.05, 0) is 48.2 Å². The molecule has 0 bridgehead atoms. The summed E-state index contributed by atoms with van der Waals surface area (Å²) in [5.41, 5.74) is 0.783. The Morgan fingerprint density at radius 3 is 2.76 bits per heavy atom. The van der Waals surface area contributed by atoms with Crippen molar-refractivity contribution in [3.63, 3.8) is 0 Å². The van der Waals surface area contributed by atoms with Gasteiger partial charge in [0.1, 0.15) is 22.0 Å². The third-order valence-corrected chi connectivity index (χ3v) is 3.70. The fourth-order valence-corrected chi connectivity index (χ4v) is 2.38. The van der Waals surface area contributed by atoms with E-state index in [2.05, 4.69) is 27.5 Å². The number of halogens is 1. The summed E-state index contributed by atoms with van der Waals surface area (Å²) in [5.74, 6) is 0.136. The summed E-state index contributed by atoms with van der Waals surface area (Å²) in [6.07, 6.45) is 3.17. The minimum Gasteiger partial charge on any atom is -0.494 e. The van der Waals surface area contributed by atoms with Crippen molar-refractivity contribution in [2.75, 3.05) is 13.7 Å². The molecule has 0 spiro atoms. The molecule has 21 heavy (non-hydrogen) atoms. The second kappa shape index (κ2) is 6.93. The topological polar surface area (TPSA) is 57.7 Å². The van der Waals surface area contributed by atoms with Gasteiger partial charge in [-0.15, -0.1) is 0 Å². The predicted molar refractivity (Wildman–Crippen MR) is 82.2 cm³/mol. The molecule has 0 radical (unpaired) electrons. The summed E-state index contributed by atoms with van der Waals surface area (Å²) >= 11 is 3.33. The average molecular weight is 356 g/mol. The molecule has 1 heterocycles. The van der Waals surface area contributed by atoms with E-state index in [1.54, 1.807) is 6.07 Å². The lowest BCUT2D eigenvalue weighted by Gasteiger charge is -2.27. The molecule has 1 saturated carbocycles. The first kappa shape index (κ1) is 15.8. The number of ether oxygens (including phenoxy) is 3. The van der Waals surface area contributed by atoms with Crippen LogP contribution in [-0.4, -0.2) is 30.8 Å². The van der Waals surface area contributed by atoms with Crippen molar-refractivity contribution in [1.82, 2.24) is 4.98 Å². The van der Waals surface area contributed by atoms with Crippen molar-refractivity contribution in [3.8, 4) is 5.88 Å². The van der Waals surface area contributed by atoms with Crippen molar-refractivity contribution in [3.05, 3.63) is 28.4 Å². The van der Waals surface area contributed by atoms with Gasteiger partial charge in [-0.1, -0.05) is 6.58 Å². The second-order valence-corrected chi connectivity index (χ2v) is 5.50.